The van der Waals surface area contributed by atoms with Crippen molar-refractivity contribution in [3.05, 3.63) is 40.6 Å². The van der Waals surface area contributed by atoms with Gasteiger partial charge in [-0.1, -0.05) is 28.4 Å². The first-order chi connectivity index (χ1) is 9.65. The van der Waals surface area contributed by atoms with Crippen LogP contribution in [0.3, 0.4) is 0 Å². The highest BCUT2D eigenvalue weighted by Gasteiger charge is 2.15. The number of hydrogen-bond donors (Lipinski definition) is 1. The molecular formula is C12H7Cl2N5O. The minimum Gasteiger partial charge on any atom is -0.382 e. The van der Waals surface area contributed by atoms with E-state index in [4.69, 9.17) is 33.5 Å². The van der Waals surface area contributed by atoms with Crippen LogP contribution in [0.2, 0.25) is 10.0 Å². The highest BCUT2D eigenvalue weighted by atomic mass is 35.5. The van der Waals surface area contributed by atoms with Gasteiger partial charge in [0.1, 0.15) is 0 Å². The van der Waals surface area contributed by atoms with Crippen LogP contribution in [0, 0.1) is 0 Å². The van der Waals surface area contributed by atoms with Crippen LogP contribution in [0.15, 0.2) is 35.1 Å². The molecule has 1 aromatic carbocycles. The second kappa shape index (κ2) is 5.07. The van der Waals surface area contributed by atoms with E-state index in [9.17, 15) is 0 Å². The lowest BCUT2D eigenvalue weighted by Gasteiger charge is -1.97. The Labute approximate surface area is 123 Å². The molecule has 0 aliphatic heterocycles. The fraction of sp³-hybridized carbons (Fsp3) is 0. The molecule has 3 aromatic rings. The van der Waals surface area contributed by atoms with Gasteiger partial charge < -0.3 is 10.3 Å². The maximum atomic E-state index is 5.95. The zero-order chi connectivity index (χ0) is 14.1. The van der Waals surface area contributed by atoms with E-state index in [1.54, 1.807) is 18.2 Å². The van der Waals surface area contributed by atoms with Gasteiger partial charge in [-0.15, -0.1) is 0 Å². The number of rotatable bonds is 2. The third kappa shape index (κ3) is 2.31. The largest absolute Gasteiger partial charge is 0.382 e. The molecule has 2 N–H and O–H groups in total. The van der Waals surface area contributed by atoms with Crippen molar-refractivity contribution in [3.63, 3.8) is 0 Å². The summed E-state index contributed by atoms with van der Waals surface area (Å²) in [5.41, 5.74) is 6.72. The van der Waals surface area contributed by atoms with Crippen molar-refractivity contribution in [1.82, 2.24) is 20.1 Å². The van der Waals surface area contributed by atoms with Gasteiger partial charge in [0.05, 0.1) is 10.0 Å². The summed E-state index contributed by atoms with van der Waals surface area (Å²) in [6.45, 7) is 0. The second-order valence-electron chi connectivity index (χ2n) is 3.84. The van der Waals surface area contributed by atoms with Crippen molar-refractivity contribution in [3.8, 4) is 23.0 Å². The van der Waals surface area contributed by atoms with Crippen molar-refractivity contribution in [2.75, 3.05) is 5.73 Å². The number of halogens is 2. The van der Waals surface area contributed by atoms with Gasteiger partial charge in [0, 0.05) is 18.0 Å². The van der Waals surface area contributed by atoms with Crippen LogP contribution in [0.1, 0.15) is 0 Å². The molecule has 2 aromatic heterocycles. The number of nitrogens with zero attached hydrogens (tertiary/aromatic N) is 4. The Kier molecular flexibility index (Phi) is 3.25. The standard InChI is InChI=1S/C12H7Cl2N5O/c13-7-2-1-6(5-8(7)14)11-18-12(20-19-11)9-10(15)17-4-3-16-9/h1-5H,(H2,15,17). The van der Waals surface area contributed by atoms with E-state index >= 15 is 0 Å². The fourth-order valence-electron chi connectivity index (χ4n) is 1.59. The molecule has 6 nitrogen and oxygen atoms in total. The average molecular weight is 308 g/mol. The molecule has 0 unspecified atom stereocenters. The summed E-state index contributed by atoms with van der Waals surface area (Å²) in [6, 6.07) is 5.05. The van der Waals surface area contributed by atoms with E-state index in [1.165, 1.54) is 12.4 Å². The summed E-state index contributed by atoms with van der Waals surface area (Å²) in [5.74, 6) is 0.775. The van der Waals surface area contributed by atoms with Crippen molar-refractivity contribution >= 4 is 29.0 Å². The normalized spacial score (nSPS) is 10.7. The molecule has 20 heavy (non-hydrogen) atoms. The van der Waals surface area contributed by atoms with Gasteiger partial charge in [-0.05, 0) is 18.2 Å². The van der Waals surface area contributed by atoms with Gasteiger partial charge >= 0.3 is 0 Å². The molecular weight excluding hydrogens is 301 g/mol. The minimum absolute atomic E-state index is 0.191. The molecule has 3 rings (SSSR count). The van der Waals surface area contributed by atoms with Gasteiger partial charge in [0.25, 0.3) is 5.89 Å². The Hall–Kier alpha value is -2.18. The van der Waals surface area contributed by atoms with Crippen molar-refractivity contribution in [2.24, 2.45) is 0 Å². The predicted octanol–water partition coefficient (Wildman–Crippen LogP) is 3.08. The van der Waals surface area contributed by atoms with Gasteiger partial charge in [-0.25, -0.2) is 9.97 Å². The fourth-order valence-corrected chi connectivity index (χ4v) is 1.88. The van der Waals surface area contributed by atoms with Crippen molar-refractivity contribution in [1.29, 1.82) is 0 Å². The molecule has 0 saturated carbocycles. The van der Waals surface area contributed by atoms with Gasteiger partial charge in [-0.2, -0.15) is 4.98 Å². The van der Waals surface area contributed by atoms with Crippen molar-refractivity contribution in [2.45, 2.75) is 0 Å². The molecule has 0 amide bonds. The smallest absolute Gasteiger partial charge is 0.280 e. The Bertz CT molecular complexity index is 774. The van der Waals surface area contributed by atoms with E-state index in [2.05, 4.69) is 20.1 Å². The van der Waals surface area contributed by atoms with Crippen LogP contribution in [0.5, 0.6) is 0 Å². The van der Waals surface area contributed by atoms with Gasteiger partial charge in [0.15, 0.2) is 11.5 Å². The van der Waals surface area contributed by atoms with E-state index in [0.717, 1.165) is 0 Å². The number of nitrogen functional groups attached to an aromatic ring is 1. The number of anilines is 1. The number of benzene rings is 1. The lowest BCUT2D eigenvalue weighted by Crippen LogP contribution is -1.96. The first kappa shape index (κ1) is 12.8. The lowest BCUT2D eigenvalue weighted by atomic mass is 10.2. The summed E-state index contributed by atoms with van der Waals surface area (Å²) in [7, 11) is 0. The maximum absolute atomic E-state index is 5.95. The number of hydrogen-bond acceptors (Lipinski definition) is 6. The first-order valence-electron chi connectivity index (χ1n) is 5.51. The highest BCUT2D eigenvalue weighted by molar-refractivity contribution is 6.42. The Morgan fingerprint density at radius 2 is 1.85 bits per heavy atom. The van der Waals surface area contributed by atoms with Crippen LogP contribution in [-0.2, 0) is 0 Å². The minimum atomic E-state index is 0.191. The molecule has 0 radical (unpaired) electrons. The van der Waals surface area contributed by atoms with Crippen molar-refractivity contribution < 1.29 is 4.52 Å². The van der Waals surface area contributed by atoms with E-state index in [-0.39, 0.29) is 11.7 Å². The summed E-state index contributed by atoms with van der Waals surface area (Å²) >= 11 is 11.8. The SMILES string of the molecule is Nc1nccnc1-c1nc(-c2ccc(Cl)c(Cl)c2)no1. The van der Waals surface area contributed by atoms with Crippen LogP contribution in [-0.4, -0.2) is 20.1 Å². The Morgan fingerprint density at radius 3 is 2.60 bits per heavy atom. The van der Waals surface area contributed by atoms with Crippen LogP contribution >= 0.6 is 23.2 Å². The van der Waals surface area contributed by atoms with Gasteiger partial charge in [0.2, 0.25) is 5.82 Å². The molecule has 8 heteroatoms. The predicted molar refractivity (Wildman–Crippen MR) is 75.2 cm³/mol. The molecule has 2 heterocycles. The zero-order valence-electron chi connectivity index (χ0n) is 9.92. The van der Waals surface area contributed by atoms with Crippen LogP contribution in [0.4, 0.5) is 5.82 Å². The van der Waals surface area contributed by atoms with E-state index in [1.807, 2.05) is 0 Å². The Morgan fingerprint density at radius 1 is 1.05 bits per heavy atom. The average Bonchev–Trinajstić information content (AvgIpc) is 2.92. The summed E-state index contributed by atoms with van der Waals surface area (Å²) in [5, 5.41) is 4.73. The molecule has 0 bridgehead atoms. The molecule has 0 aliphatic carbocycles. The summed E-state index contributed by atoms with van der Waals surface area (Å²) in [4.78, 5) is 12.2. The van der Waals surface area contributed by atoms with E-state index < -0.39 is 0 Å². The third-order valence-corrected chi connectivity index (χ3v) is 3.27. The first-order valence-corrected chi connectivity index (χ1v) is 6.27. The highest BCUT2D eigenvalue weighted by Crippen LogP contribution is 2.28. The monoisotopic (exact) mass is 307 g/mol. The Balaban J connectivity index is 2.02. The maximum Gasteiger partial charge on any atom is 0.280 e. The molecule has 0 aliphatic rings. The molecule has 0 spiro atoms. The topological polar surface area (TPSA) is 90.7 Å². The molecule has 0 saturated heterocycles. The lowest BCUT2D eigenvalue weighted by molar-refractivity contribution is 0.431. The quantitative estimate of drug-likeness (QED) is 0.782. The van der Waals surface area contributed by atoms with E-state index in [0.29, 0.717) is 27.1 Å². The summed E-state index contributed by atoms with van der Waals surface area (Å²) in [6.07, 6.45) is 2.98. The third-order valence-electron chi connectivity index (χ3n) is 2.53. The molecule has 100 valence electrons. The van der Waals surface area contributed by atoms with Crippen LogP contribution < -0.4 is 5.73 Å². The zero-order valence-corrected chi connectivity index (χ0v) is 11.4. The number of aromatic nitrogens is 4. The summed E-state index contributed by atoms with van der Waals surface area (Å²) < 4.78 is 5.14. The molecule has 0 atom stereocenters. The molecule has 0 fully saturated rings. The number of nitrogens with two attached hydrogens (primary N) is 1. The second-order valence-corrected chi connectivity index (χ2v) is 4.66. The van der Waals surface area contributed by atoms with Crippen LogP contribution in [0.25, 0.3) is 23.0 Å². The van der Waals surface area contributed by atoms with Gasteiger partial charge in [-0.3, -0.25) is 0 Å².